The Morgan fingerprint density at radius 2 is 2.07 bits per heavy atom. The fraction of sp³-hybridized carbons (Fsp3) is 0.600. The molecule has 158 valence electrons. The highest BCUT2D eigenvalue weighted by atomic mass is 127. The van der Waals surface area contributed by atoms with E-state index in [1.54, 1.807) is 19.2 Å². The number of halogens is 2. The highest BCUT2D eigenvalue weighted by Crippen LogP contribution is 2.16. The van der Waals surface area contributed by atoms with Gasteiger partial charge in [0.2, 0.25) is 5.91 Å². The Labute approximate surface area is 184 Å². The molecule has 1 fully saturated rings. The largest absolute Gasteiger partial charge is 0.489 e. The maximum absolute atomic E-state index is 12.9. The lowest BCUT2D eigenvalue weighted by molar-refractivity contribution is -0.132. The van der Waals surface area contributed by atoms with Crippen LogP contribution < -0.4 is 15.4 Å². The number of ether oxygens (including phenoxy) is 1. The van der Waals surface area contributed by atoms with Crippen molar-refractivity contribution in [3.8, 4) is 5.75 Å². The molecule has 28 heavy (non-hydrogen) atoms. The third kappa shape index (κ3) is 8.62. The van der Waals surface area contributed by atoms with Crippen LogP contribution in [0.1, 0.15) is 33.1 Å². The lowest BCUT2D eigenvalue weighted by Gasteiger charge is -2.31. The van der Waals surface area contributed by atoms with Crippen molar-refractivity contribution < 1.29 is 13.9 Å². The van der Waals surface area contributed by atoms with E-state index in [4.69, 9.17) is 4.74 Å². The molecule has 1 aliphatic rings. The molecule has 0 bridgehead atoms. The number of guanidine groups is 1. The first-order chi connectivity index (χ1) is 13.0. The van der Waals surface area contributed by atoms with Gasteiger partial charge in [0.25, 0.3) is 0 Å². The van der Waals surface area contributed by atoms with Gasteiger partial charge in [0.05, 0.1) is 6.54 Å². The maximum Gasteiger partial charge on any atom is 0.224 e. The number of aliphatic imine (C=N–C) groups is 1. The molecular formula is C20H32FIN4O2. The quantitative estimate of drug-likeness (QED) is 0.339. The van der Waals surface area contributed by atoms with Gasteiger partial charge in [-0.15, -0.1) is 24.0 Å². The van der Waals surface area contributed by atoms with E-state index >= 15 is 0 Å². The molecule has 1 heterocycles. The van der Waals surface area contributed by atoms with Crippen LogP contribution in [-0.2, 0) is 4.79 Å². The third-order valence-corrected chi connectivity index (χ3v) is 4.57. The number of likely N-dealkylation sites (tertiary alicyclic amines) is 1. The number of amides is 1. The average Bonchev–Trinajstić information content (AvgIpc) is 2.66. The summed E-state index contributed by atoms with van der Waals surface area (Å²) in [6.45, 7) is 6.92. The van der Waals surface area contributed by atoms with E-state index in [0.717, 1.165) is 19.5 Å². The Morgan fingerprint density at radius 1 is 1.36 bits per heavy atom. The van der Waals surface area contributed by atoms with Crippen molar-refractivity contribution in [3.05, 3.63) is 30.1 Å². The van der Waals surface area contributed by atoms with Crippen molar-refractivity contribution in [1.82, 2.24) is 15.5 Å². The molecule has 1 amide bonds. The van der Waals surface area contributed by atoms with Gasteiger partial charge in [-0.1, -0.05) is 6.92 Å². The number of nitrogens with one attached hydrogen (secondary N) is 2. The molecule has 0 saturated carbocycles. The summed E-state index contributed by atoms with van der Waals surface area (Å²) in [7, 11) is 1.69. The Morgan fingerprint density at radius 3 is 2.71 bits per heavy atom. The van der Waals surface area contributed by atoms with Crippen LogP contribution in [0.15, 0.2) is 29.3 Å². The van der Waals surface area contributed by atoms with Crippen LogP contribution in [0, 0.1) is 11.7 Å². The van der Waals surface area contributed by atoms with E-state index < -0.39 is 0 Å². The summed E-state index contributed by atoms with van der Waals surface area (Å²) in [6, 6.07) is 5.95. The minimum absolute atomic E-state index is 0. The Bertz CT molecular complexity index is 627. The van der Waals surface area contributed by atoms with Crippen LogP contribution >= 0.6 is 24.0 Å². The Kier molecular flexibility index (Phi) is 11.2. The van der Waals surface area contributed by atoms with Gasteiger partial charge in [0.1, 0.15) is 17.7 Å². The van der Waals surface area contributed by atoms with E-state index in [1.807, 2.05) is 11.8 Å². The van der Waals surface area contributed by atoms with Crippen molar-refractivity contribution in [2.75, 3.05) is 33.2 Å². The van der Waals surface area contributed by atoms with E-state index in [-0.39, 0.29) is 41.8 Å². The molecular weight excluding hydrogens is 474 g/mol. The number of carbonyl (C=O) groups is 1. The number of nitrogens with zero attached hydrogens (tertiary/aromatic N) is 2. The molecule has 0 aromatic heterocycles. The molecule has 0 aliphatic carbocycles. The van der Waals surface area contributed by atoms with Gasteiger partial charge in [0.15, 0.2) is 5.96 Å². The lowest BCUT2D eigenvalue weighted by atomic mass is 10.00. The van der Waals surface area contributed by atoms with Crippen molar-refractivity contribution >= 4 is 35.8 Å². The van der Waals surface area contributed by atoms with Crippen molar-refractivity contribution in [3.63, 3.8) is 0 Å². The standard InChI is InChI=1S/C20H31FN4O2.HI/c1-15-5-4-12-25(14-15)19(26)10-11-23-20(22-3)24-13-16(2)27-18-8-6-17(21)7-9-18;/h6-9,15-16H,4-5,10-14H2,1-3H3,(H2,22,23,24);1H. The summed E-state index contributed by atoms with van der Waals surface area (Å²) < 4.78 is 18.6. The SMILES string of the molecule is CN=C(NCCC(=O)N1CCCC(C)C1)NCC(C)Oc1ccc(F)cc1.I. The fourth-order valence-electron chi connectivity index (χ4n) is 3.11. The minimum Gasteiger partial charge on any atom is -0.489 e. The number of hydrogen-bond acceptors (Lipinski definition) is 3. The zero-order valence-corrected chi connectivity index (χ0v) is 19.2. The van der Waals surface area contributed by atoms with Crippen LogP contribution in [0.3, 0.4) is 0 Å². The number of rotatable bonds is 7. The van der Waals surface area contributed by atoms with Gasteiger partial charge in [-0.25, -0.2) is 4.39 Å². The third-order valence-electron chi connectivity index (χ3n) is 4.57. The monoisotopic (exact) mass is 506 g/mol. The first kappa shape index (κ1) is 24.5. The zero-order valence-electron chi connectivity index (χ0n) is 16.9. The lowest BCUT2D eigenvalue weighted by Crippen LogP contribution is -2.44. The molecule has 1 aliphatic heterocycles. The van der Waals surface area contributed by atoms with Gasteiger partial charge in [-0.2, -0.15) is 0 Å². The van der Waals surface area contributed by atoms with E-state index in [1.165, 1.54) is 18.6 Å². The van der Waals surface area contributed by atoms with E-state index in [0.29, 0.717) is 37.1 Å². The number of piperidine rings is 1. The summed E-state index contributed by atoms with van der Waals surface area (Å²) >= 11 is 0. The molecule has 1 saturated heterocycles. The molecule has 2 unspecified atom stereocenters. The van der Waals surface area contributed by atoms with Gasteiger partial charge >= 0.3 is 0 Å². The summed E-state index contributed by atoms with van der Waals surface area (Å²) in [5, 5.41) is 6.34. The second-order valence-electron chi connectivity index (χ2n) is 7.10. The van der Waals surface area contributed by atoms with Crippen LogP contribution in [0.5, 0.6) is 5.75 Å². The predicted octanol–water partition coefficient (Wildman–Crippen LogP) is 3.02. The average molecular weight is 506 g/mol. The highest BCUT2D eigenvalue weighted by molar-refractivity contribution is 14.0. The molecule has 1 aromatic rings. The number of hydrogen-bond donors (Lipinski definition) is 2. The van der Waals surface area contributed by atoms with Gasteiger partial charge < -0.3 is 20.3 Å². The second kappa shape index (κ2) is 12.8. The smallest absolute Gasteiger partial charge is 0.224 e. The van der Waals surface area contributed by atoms with Crippen LogP contribution in [0.25, 0.3) is 0 Å². The van der Waals surface area contributed by atoms with Crippen molar-refractivity contribution in [2.24, 2.45) is 10.9 Å². The summed E-state index contributed by atoms with van der Waals surface area (Å²) in [6.07, 6.45) is 2.63. The second-order valence-corrected chi connectivity index (χ2v) is 7.10. The number of benzene rings is 1. The van der Waals surface area contributed by atoms with Crippen molar-refractivity contribution in [2.45, 2.75) is 39.2 Å². The molecule has 0 spiro atoms. The highest BCUT2D eigenvalue weighted by Gasteiger charge is 2.20. The fourth-order valence-corrected chi connectivity index (χ4v) is 3.11. The van der Waals surface area contributed by atoms with Gasteiger partial charge in [-0.05, 0) is 49.9 Å². The summed E-state index contributed by atoms with van der Waals surface area (Å²) in [4.78, 5) is 18.4. The molecule has 0 radical (unpaired) electrons. The van der Waals surface area contributed by atoms with E-state index in [9.17, 15) is 9.18 Å². The van der Waals surface area contributed by atoms with Crippen LogP contribution in [0.2, 0.25) is 0 Å². The minimum atomic E-state index is -0.286. The van der Waals surface area contributed by atoms with E-state index in [2.05, 4.69) is 22.5 Å². The Balaban J connectivity index is 0.00000392. The van der Waals surface area contributed by atoms with Gasteiger partial charge in [-0.3, -0.25) is 9.79 Å². The van der Waals surface area contributed by atoms with Gasteiger partial charge in [0, 0.05) is 33.1 Å². The van der Waals surface area contributed by atoms with Crippen LogP contribution in [-0.4, -0.2) is 56.1 Å². The molecule has 2 N–H and O–H groups in total. The molecule has 6 nitrogen and oxygen atoms in total. The topological polar surface area (TPSA) is 66.0 Å². The molecule has 8 heteroatoms. The molecule has 2 rings (SSSR count). The predicted molar refractivity (Wildman–Crippen MR) is 121 cm³/mol. The molecule has 2 atom stereocenters. The van der Waals surface area contributed by atoms with Crippen LogP contribution in [0.4, 0.5) is 4.39 Å². The first-order valence-electron chi connectivity index (χ1n) is 9.62. The summed E-state index contributed by atoms with van der Waals surface area (Å²) in [5.74, 6) is 1.75. The zero-order chi connectivity index (χ0) is 19.6. The van der Waals surface area contributed by atoms with Crippen molar-refractivity contribution in [1.29, 1.82) is 0 Å². The normalized spacial score (nSPS) is 18.1. The molecule has 1 aromatic carbocycles. The number of carbonyl (C=O) groups excluding carboxylic acids is 1. The summed E-state index contributed by atoms with van der Waals surface area (Å²) in [5.41, 5.74) is 0. The maximum atomic E-state index is 12.9. The first-order valence-corrected chi connectivity index (χ1v) is 9.62. The Hall–Kier alpha value is -1.58.